The third-order valence-corrected chi connectivity index (χ3v) is 4.38. The molecule has 0 aliphatic carbocycles. The van der Waals surface area contributed by atoms with Gasteiger partial charge in [-0.3, -0.25) is 9.89 Å². The van der Waals surface area contributed by atoms with E-state index in [1.807, 2.05) is 37.3 Å². The molecule has 3 heteroatoms. The Kier molecular flexibility index (Phi) is 4.99. The van der Waals surface area contributed by atoms with Crippen LogP contribution in [0.2, 0.25) is 0 Å². The number of hydrogen-bond acceptors (Lipinski definition) is 1. The van der Waals surface area contributed by atoms with Crippen molar-refractivity contribution >= 4 is 0 Å². The molecule has 24 heavy (non-hydrogen) atoms. The standard InChI is InChI=1S/C21H24N2O/c1-3-4-8-17-11-13-18(14-12-17)15-23-21(24)20(16(2)22-23)19-9-6-5-7-10-19/h5-7,9-14,22H,3-4,8,15H2,1-2H3. The Hall–Kier alpha value is -2.55. The van der Waals surface area contributed by atoms with Crippen LogP contribution >= 0.6 is 0 Å². The van der Waals surface area contributed by atoms with E-state index in [0.717, 1.165) is 28.8 Å². The van der Waals surface area contributed by atoms with Gasteiger partial charge in [-0.1, -0.05) is 67.9 Å². The number of aryl methyl sites for hydroxylation is 2. The van der Waals surface area contributed by atoms with E-state index >= 15 is 0 Å². The Balaban J connectivity index is 1.83. The van der Waals surface area contributed by atoms with Crippen LogP contribution < -0.4 is 5.56 Å². The second kappa shape index (κ2) is 7.35. The Morgan fingerprint density at radius 2 is 1.62 bits per heavy atom. The van der Waals surface area contributed by atoms with Crippen LogP contribution in [-0.4, -0.2) is 9.78 Å². The molecule has 124 valence electrons. The number of unbranched alkanes of at least 4 members (excludes halogenated alkanes) is 1. The third kappa shape index (κ3) is 3.51. The van der Waals surface area contributed by atoms with E-state index in [1.54, 1.807) is 4.68 Å². The van der Waals surface area contributed by atoms with E-state index in [2.05, 4.69) is 36.3 Å². The lowest BCUT2D eigenvalue weighted by Crippen LogP contribution is -2.18. The third-order valence-electron chi connectivity index (χ3n) is 4.38. The molecular weight excluding hydrogens is 296 g/mol. The smallest absolute Gasteiger partial charge is 0.274 e. The number of nitrogens with zero attached hydrogens (tertiary/aromatic N) is 1. The minimum Gasteiger partial charge on any atom is -0.299 e. The highest BCUT2D eigenvalue weighted by molar-refractivity contribution is 5.64. The summed E-state index contributed by atoms with van der Waals surface area (Å²) in [6, 6.07) is 18.4. The van der Waals surface area contributed by atoms with Gasteiger partial charge in [-0.15, -0.1) is 0 Å². The first kappa shape index (κ1) is 16.3. The maximum atomic E-state index is 12.7. The summed E-state index contributed by atoms with van der Waals surface area (Å²) >= 11 is 0. The number of aromatic amines is 1. The molecule has 0 unspecified atom stereocenters. The lowest BCUT2D eigenvalue weighted by Gasteiger charge is -2.04. The lowest BCUT2D eigenvalue weighted by molar-refractivity contribution is 0.657. The molecule has 0 fully saturated rings. The van der Waals surface area contributed by atoms with Gasteiger partial charge in [0.05, 0.1) is 12.1 Å². The van der Waals surface area contributed by atoms with Crippen LogP contribution in [0.4, 0.5) is 0 Å². The zero-order valence-electron chi connectivity index (χ0n) is 14.4. The van der Waals surface area contributed by atoms with Crippen LogP contribution in [0.3, 0.4) is 0 Å². The largest absolute Gasteiger partial charge is 0.299 e. The maximum Gasteiger partial charge on any atom is 0.274 e. The van der Waals surface area contributed by atoms with Gasteiger partial charge in [0.2, 0.25) is 0 Å². The molecule has 0 amide bonds. The number of nitrogens with one attached hydrogen (secondary N) is 1. The van der Waals surface area contributed by atoms with Gasteiger partial charge in [0.1, 0.15) is 0 Å². The van der Waals surface area contributed by atoms with Crippen molar-refractivity contribution in [2.24, 2.45) is 0 Å². The van der Waals surface area contributed by atoms with Gasteiger partial charge in [-0.05, 0) is 36.5 Å². The molecule has 3 aromatic rings. The predicted molar refractivity (Wildman–Crippen MR) is 99.4 cm³/mol. The van der Waals surface area contributed by atoms with Crippen LogP contribution in [-0.2, 0) is 13.0 Å². The Bertz CT molecular complexity index is 842. The highest BCUT2D eigenvalue weighted by atomic mass is 16.1. The van der Waals surface area contributed by atoms with Crippen molar-refractivity contribution in [2.45, 2.75) is 39.7 Å². The van der Waals surface area contributed by atoms with E-state index in [4.69, 9.17) is 0 Å². The molecule has 0 aliphatic rings. The molecule has 1 N–H and O–H groups in total. The molecule has 0 aliphatic heterocycles. The first-order valence-corrected chi connectivity index (χ1v) is 8.61. The summed E-state index contributed by atoms with van der Waals surface area (Å²) in [5.74, 6) is 0. The van der Waals surface area contributed by atoms with Gasteiger partial charge in [0.15, 0.2) is 0 Å². The van der Waals surface area contributed by atoms with Crippen molar-refractivity contribution in [1.29, 1.82) is 0 Å². The molecule has 0 saturated heterocycles. The molecular formula is C21H24N2O. The summed E-state index contributed by atoms with van der Waals surface area (Å²) < 4.78 is 1.69. The molecule has 0 spiro atoms. The lowest BCUT2D eigenvalue weighted by atomic mass is 10.1. The normalized spacial score (nSPS) is 10.9. The summed E-state index contributed by atoms with van der Waals surface area (Å²) in [5.41, 5.74) is 5.17. The van der Waals surface area contributed by atoms with Crippen molar-refractivity contribution in [3.63, 3.8) is 0 Å². The topological polar surface area (TPSA) is 37.8 Å². The van der Waals surface area contributed by atoms with Gasteiger partial charge in [0.25, 0.3) is 5.56 Å². The Morgan fingerprint density at radius 3 is 2.29 bits per heavy atom. The molecule has 0 bridgehead atoms. The highest BCUT2D eigenvalue weighted by Crippen LogP contribution is 2.18. The quantitative estimate of drug-likeness (QED) is 0.711. The average molecular weight is 320 g/mol. The first-order valence-electron chi connectivity index (χ1n) is 8.61. The number of H-pyrrole nitrogens is 1. The van der Waals surface area contributed by atoms with Crippen LogP contribution in [0.15, 0.2) is 59.4 Å². The monoisotopic (exact) mass is 320 g/mol. The van der Waals surface area contributed by atoms with Crippen LogP contribution in [0.5, 0.6) is 0 Å². The maximum absolute atomic E-state index is 12.7. The van der Waals surface area contributed by atoms with Crippen molar-refractivity contribution in [3.8, 4) is 11.1 Å². The summed E-state index contributed by atoms with van der Waals surface area (Å²) in [5, 5.41) is 3.21. The van der Waals surface area contributed by atoms with E-state index in [9.17, 15) is 4.79 Å². The molecule has 1 heterocycles. The minimum absolute atomic E-state index is 0.0359. The predicted octanol–water partition coefficient (Wildman–Crippen LogP) is 4.54. The molecule has 3 nitrogen and oxygen atoms in total. The van der Waals surface area contributed by atoms with Gasteiger partial charge >= 0.3 is 0 Å². The van der Waals surface area contributed by atoms with Crippen molar-refractivity contribution < 1.29 is 0 Å². The Labute approximate surface area is 143 Å². The minimum atomic E-state index is 0.0359. The van der Waals surface area contributed by atoms with Crippen molar-refractivity contribution in [3.05, 3.63) is 81.8 Å². The first-order chi connectivity index (χ1) is 11.7. The summed E-state index contributed by atoms with van der Waals surface area (Å²) in [6.45, 7) is 4.73. The Morgan fingerprint density at radius 1 is 0.958 bits per heavy atom. The number of benzene rings is 2. The number of hydrogen-bond donors (Lipinski definition) is 1. The number of aromatic nitrogens is 2. The van der Waals surface area contributed by atoms with E-state index in [0.29, 0.717) is 6.54 Å². The summed E-state index contributed by atoms with van der Waals surface area (Å²) in [7, 11) is 0. The molecule has 3 rings (SSSR count). The molecule has 1 aromatic heterocycles. The fourth-order valence-corrected chi connectivity index (χ4v) is 3.04. The second-order valence-electron chi connectivity index (χ2n) is 6.29. The fraction of sp³-hybridized carbons (Fsp3) is 0.286. The van der Waals surface area contributed by atoms with Gasteiger partial charge < -0.3 is 0 Å². The van der Waals surface area contributed by atoms with Gasteiger partial charge in [-0.2, -0.15) is 0 Å². The summed E-state index contributed by atoms with van der Waals surface area (Å²) in [6.07, 6.45) is 3.55. The SMILES string of the molecule is CCCCc1ccc(Cn2[nH]c(C)c(-c3ccccc3)c2=O)cc1. The van der Waals surface area contributed by atoms with Gasteiger partial charge in [0, 0.05) is 5.69 Å². The van der Waals surface area contributed by atoms with Crippen LogP contribution in [0.25, 0.3) is 11.1 Å². The van der Waals surface area contributed by atoms with Crippen molar-refractivity contribution in [2.75, 3.05) is 0 Å². The average Bonchev–Trinajstić information content (AvgIpc) is 2.88. The van der Waals surface area contributed by atoms with Crippen LogP contribution in [0, 0.1) is 6.92 Å². The van der Waals surface area contributed by atoms with Gasteiger partial charge in [-0.25, -0.2) is 4.68 Å². The molecule has 0 atom stereocenters. The zero-order chi connectivity index (χ0) is 16.9. The van der Waals surface area contributed by atoms with E-state index in [-0.39, 0.29) is 5.56 Å². The fourth-order valence-electron chi connectivity index (χ4n) is 3.04. The molecule has 0 saturated carbocycles. The van der Waals surface area contributed by atoms with Crippen LogP contribution in [0.1, 0.15) is 36.6 Å². The van der Waals surface area contributed by atoms with E-state index in [1.165, 1.54) is 18.4 Å². The summed E-state index contributed by atoms with van der Waals surface area (Å²) in [4.78, 5) is 12.7. The molecule has 0 radical (unpaired) electrons. The second-order valence-corrected chi connectivity index (χ2v) is 6.29. The molecule has 2 aromatic carbocycles. The highest BCUT2D eigenvalue weighted by Gasteiger charge is 2.12. The number of rotatable bonds is 6. The van der Waals surface area contributed by atoms with Crippen molar-refractivity contribution in [1.82, 2.24) is 9.78 Å². The zero-order valence-corrected chi connectivity index (χ0v) is 14.4. The van der Waals surface area contributed by atoms with E-state index < -0.39 is 0 Å².